The van der Waals surface area contributed by atoms with E-state index in [9.17, 15) is 4.79 Å². The predicted octanol–water partition coefficient (Wildman–Crippen LogP) is 3.40. The molecule has 0 atom stereocenters. The number of anilines is 3. The van der Waals surface area contributed by atoms with Gasteiger partial charge < -0.3 is 20.0 Å². The maximum atomic E-state index is 12.8. The lowest BCUT2D eigenvalue weighted by molar-refractivity contribution is -0.131. The molecule has 7 nitrogen and oxygen atoms in total. The van der Waals surface area contributed by atoms with Crippen molar-refractivity contribution in [2.75, 3.05) is 54.4 Å². The van der Waals surface area contributed by atoms with Gasteiger partial charge in [0.05, 0.1) is 0 Å². The number of nitrogens with one attached hydrogen (secondary N) is 1. The van der Waals surface area contributed by atoms with Gasteiger partial charge in [0.2, 0.25) is 5.91 Å². The van der Waals surface area contributed by atoms with Crippen molar-refractivity contribution in [3.8, 4) is 0 Å². The molecule has 1 amide bonds. The standard InChI is InChI=1S/C25H34N6O/c32-25(31-16-14-29(15-17-31)22-4-2-1-3-5-22)9-6-20-10-12-30(13-11-20)24-18-23(26-19-27-24)28-21-7-8-21/h1-5,18-21H,6-17H2,(H,26,27,28). The van der Waals surface area contributed by atoms with E-state index in [4.69, 9.17) is 0 Å². The van der Waals surface area contributed by atoms with E-state index < -0.39 is 0 Å². The van der Waals surface area contributed by atoms with Crippen LogP contribution in [0.4, 0.5) is 17.3 Å². The van der Waals surface area contributed by atoms with Crippen molar-refractivity contribution in [1.29, 1.82) is 0 Å². The number of nitrogens with zero attached hydrogens (tertiary/aromatic N) is 5. The third kappa shape index (κ3) is 5.31. The lowest BCUT2D eigenvalue weighted by atomic mass is 9.92. The Balaban J connectivity index is 1.03. The van der Waals surface area contributed by atoms with Crippen molar-refractivity contribution in [3.05, 3.63) is 42.7 Å². The molecule has 3 aliphatic rings. The molecule has 1 N–H and O–H groups in total. The highest BCUT2D eigenvalue weighted by Gasteiger charge is 2.25. The van der Waals surface area contributed by atoms with Crippen molar-refractivity contribution in [2.45, 2.75) is 44.6 Å². The molecule has 2 saturated heterocycles. The van der Waals surface area contributed by atoms with Gasteiger partial charge in [0, 0.05) is 63.5 Å². The first-order valence-electron chi connectivity index (χ1n) is 12.2. The van der Waals surface area contributed by atoms with Crippen LogP contribution in [0.3, 0.4) is 0 Å². The molecule has 1 saturated carbocycles. The zero-order chi connectivity index (χ0) is 21.8. The van der Waals surface area contributed by atoms with Crippen LogP contribution < -0.4 is 15.1 Å². The highest BCUT2D eigenvalue weighted by molar-refractivity contribution is 5.76. The van der Waals surface area contributed by atoms with E-state index >= 15 is 0 Å². The Kier molecular flexibility index (Phi) is 6.41. The van der Waals surface area contributed by atoms with Gasteiger partial charge in [-0.1, -0.05) is 18.2 Å². The first-order valence-corrected chi connectivity index (χ1v) is 12.2. The monoisotopic (exact) mass is 434 g/mol. The predicted molar refractivity (Wildman–Crippen MR) is 128 cm³/mol. The number of carbonyl (C=O) groups excluding carboxylic acids is 1. The molecule has 3 fully saturated rings. The first kappa shape index (κ1) is 21.0. The van der Waals surface area contributed by atoms with E-state index in [0.717, 1.165) is 70.2 Å². The summed E-state index contributed by atoms with van der Waals surface area (Å²) in [4.78, 5) is 28.4. The third-order valence-corrected chi connectivity index (χ3v) is 7.04. The molecule has 170 valence electrons. The second-order valence-electron chi connectivity index (χ2n) is 9.35. The minimum absolute atomic E-state index is 0.326. The van der Waals surface area contributed by atoms with Crippen LogP contribution in [0.1, 0.15) is 38.5 Å². The minimum atomic E-state index is 0.326. The Bertz CT molecular complexity index is 886. The molecule has 7 heteroatoms. The molecule has 2 aliphatic heterocycles. The van der Waals surface area contributed by atoms with E-state index in [-0.39, 0.29) is 0 Å². The summed E-state index contributed by atoms with van der Waals surface area (Å²) < 4.78 is 0. The molecule has 32 heavy (non-hydrogen) atoms. The quantitative estimate of drug-likeness (QED) is 0.721. The SMILES string of the molecule is O=C(CCC1CCN(c2cc(NC3CC3)ncn2)CC1)N1CCN(c2ccccc2)CC1. The number of aromatic nitrogens is 2. The maximum Gasteiger partial charge on any atom is 0.222 e. The van der Waals surface area contributed by atoms with E-state index in [1.54, 1.807) is 6.33 Å². The third-order valence-electron chi connectivity index (χ3n) is 7.04. The van der Waals surface area contributed by atoms with Crippen LogP contribution in [0.2, 0.25) is 0 Å². The fourth-order valence-electron chi connectivity index (χ4n) is 4.83. The molecule has 0 unspecified atom stereocenters. The summed E-state index contributed by atoms with van der Waals surface area (Å²) in [5.41, 5.74) is 1.26. The lowest BCUT2D eigenvalue weighted by Gasteiger charge is -2.37. The van der Waals surface area contributed by atoms with Gasteiger partial charge in [-0.25, -0.2) is 9.97 Å². The number of hydrogen-bond donors (Lipinski definition) is 1. The van der Waals surface area contributed by atoms with Crippen molar-refractivity contribution in [3.63, 3.8) is 0 Å². The van der Waals surface area contributed by atoms with Crippen LogP contribution >= 0.6 is 0 Å². The second-order valence-corrected chi connectivity index (χ2v) is 9.35. The number of rotatable bonds is 7. The van der Waals surface area contributed by atoms with E-state index in [1.807, 2.05) is 6.07 Å². The Hall–Kier alpha value is -2.83. The van der Waals surface area contributed by atoms with Gasteiger partial charge >= 0.3 is 0 Å². The average Bonchev–Trinajstić information content (AvgIpc) is 3.68. The zero-order valence-corrected chi connectivity index (χ0v) is 18.8. The Morgan fingerprint density at radius 1 is 0.906 bits per heavy atom. The summed E-state index contributed by atoms with van der Waals surface area (Å²) in [6, 6.07) is 13.2. The lowest BCUT2D eigenvalue weighted by Crippen LogP contribution is -2.48. The molecule has 1 aromatic heterocycles. The Labute approximate surface area is 190 Å². The van der Waals surface area contributed by atoms with Crippen molar-refractivity contribution in [2.24, 2.45) is 5.92 Å². The molecule has 3 heterocycles. The van der Waals surface area contributed by atoms with Crippen LogP contribution in [0, 0.1) is 5.92 Å². The van der Waals surface area contributed by atoms with Gasteiger partial charge in [-0.3, -0.25) is 4.79 Å². The summed E-state index contributed by atoms with van der Waals surface area (Å²) >= 11 is 0. The molecule has 1 aromatic carbocycles. The molecule has 0 radical (unpaired) electrons. The van der Waals surface area contributed by atoms with Crippen LogP contribution in [0.15, 0.2) is 42.7 Å². The summed E-state index contributed by atoms with van der Waals surface area (Å²) in [6.45, 7) is 5.52. The van der Waals surface area contributed by atoms with E-state index in [0.29, 0.717) is 24.3 Å². The minimum Gasteiger partial charge on any atom is -0.368 e. The topological polar surface area (TPSA) is 64.6 Å². The fourth-order valence-corrected chi connectivity index (χ4v) is 4.83. The number of carbonyl (C=O) groups is 1. The van der Waals surface area contributed by atoms with Crippen LogP contribution in [-0.4, -0.2) is 66.1 Å². The molecular formula is C25H34N6O. The van der Waals surface area contributed by atoms with Crippen LogP contribution in [-0.2, 0) is 4.79 Å². The number of hydrogen-bond acceptors (Lipinski definition) is 6. The Morgan fingerprint density at radius 2 is 1.66 bits per heavy atom. The maximum absolute atomic E-state index is 12.8. The summed E-state index contributed by atoms with van der Waals surface area (Å²) in [6.07, 6.45) is 8.10. The second kappa shape index (κ2) is 9.76. The highest BCUT2D eigenvalue weighted by Crippen LogP contribution is 2.28. The Morgan fingerprint density at radius 3 is 2.38 bits per heavy atom. The summed E-state index contributed by atoms with van der Waals surface area (Å²) in [5.74, 6) is 2.92. The van der Waals surface area contributed by atoms with Gasteiger partial charge in [-0.05, 0) is 50.2 Å². The van der Waals surface area contributed by atoms with Gasteiger partial charge in [0.1, 0.15) is 18.0 Å². The van der Waals surface area contributed by atoms with Crippen molar-refractivity contribution >= 4 is 23.2 Å². The summed E-state index contributed by atoms with van der Waals surface area (Å²) in [7, 11) is 0. The van der Waals surface area contributed by atoms with Gasteiger partial charge in [0.25, 0.3) is 0 Å². The van der Waals surface area contributed by atoms with Crippen molar-refractivity contribution in [1.82, 2.24) is 14.9 Å². The molecule has 1 aliphatic carbocycles. The van der Waals surface area contributed by atoms with E-state index in [2.05, 4.69) is 60.3 Å². The smallest absolute Gasteiger partial charge is 0.222 e. The number of piperazine rings is 1. The molecule has 0 spiro atoms. The van der Waals surface area contributed by atoms with Crippen molar-refractivity contribution < 1.29 is 4.79 Å². The fraction of sp³-hybridized carbons (Fsp3) is 0.560. The molecule has 5 rings (SSSR count). The van der Waals surface area contributed by atoms with Gasteiger partial charge in [0.15, 0.2) is 0 Å². The number of amides is 1. The van der Waals surface area contributed by atoms with E-state index in [1.165, 1.54) is 18.5 Å². The van der Waals surface area contributed by atoms with Crippen LogP contribution in [0.5, 0.6) is 0 Å². The highest BCUT2D eigenvalue weighted by atomic mass is 16.2. The number of benzene rings is 1. The normalized spacial score (nSPS) is 19.8. The molecule has 2 aromatic rings. The average molecular weight is 435 g/mol. The largest absolute Gasteiger partial charge is 0.368 e. The van der Waals surface area contributed by atoms with Gasteiger partial charge in [-0.2, -0.15) is 0 Å². The zero-order valence-electron chi connectivity index (χ0n) is 18.8. The number of para-hydroxylation sites is 1. The van der Waals surface area contributed by atoms with Gasteiger partial charge in [-0.15, -0.1) is 0 Å². The molecular weight excluding hydrogens is 400 g/mol. The first-order chi connectivity index (χ1) is 15.7. The number of piperidine rings is 1. The van der Waals surface area contributed by atoms with Crippen LogP contribution in [0.25, 0.3) is 0 Å². The summed E-state index contributed by atoms with van der Waals surface area (Å²) in [5, 5.41) is 3.46. The molecule has 0 bridgehead atoms.